The van der Waals surface area contributed by atoms with Crippen molar-refractivity contribution in [3.05, 3.63) is 0 Å². The average Bonchev–Trinajstić information content (AvgIpc) is 2.13. The average molecular weight is 237 g/mol. The van der Waals surface area contributed by atoms with Crippen molar-refractivity contribution in [2.24, 2.45) is 5.92 Å². The molecule has 0 bridgehead atoms. The summed E-state index contributed by atoms with van der Waals surface area (Å²) in [5.74, 6) is 0.498. The number of rotatable bonds is 7. The summed E-state index contributed by atoms with van der Waals surface area (Å²) in [5.41, 5.74) is -0.953. The molecular formula is C10H23NO3S. The largest absolute Gasteiger partial charge is 0.389 e. The molecule has 0 aliphatic heterocycles. The normalized spacial score (nSPS) is 16.7. The maximum absolute atomic E-state index is 11.5. The molecule has 1 unspecified atom stereocenters. The number of aliphatic hydroxyl groups is 1. The Morgan fingerprint density at radius 3 is 2.33 bits per heavy atom. The van der Waals surface area contributed by atoms with E-state index in [9.17, 15) is 13.5 Å². The highest BCUT2D eigenvalue weighted by Crippen LogP contribution is 2.07. The van der Waals surface area contributed by atoms with E-state index in [-0.39, 0.29) is 12.3 Å². The van der Waals surface area contributed by atoms with Gasteiger partial charge in [-0.25, -0.2) is 13.1 Å². The summed E-state index contributed by atoms with van der Waals surface area (Å²) >= 11 is 0. The van der Waals surface area contributed by atoms with Crippen LogP contribution >= 0.6 is 0 Å². The van der Waals surface area contributed by atoms with Gasteiger partial charge in [0.2, 0.25) is 10.0 Å². The summed E-state index contributed by atoms with van der Waals surface area (Å²) in [4.78, 5) is 0. The number of hydrogen-bond donors (Lipinski definition) is 2. The van der Waals surface area contributed by atoms with Crippen LogP contribution in [0.3, 0.4) is 0 Å². The van der Waals surface area contributed by atoms with Crippen molar-refractivity contribution in [3.8, 4) is 0 Å². The van der Waals surface area contributed by atoms with Crippen molar-refractivity contribution in [3.63, 3.8) is 0 Å². The highest BCUT2D eigenvalue weighted by Gasteiger charge is 2.20. The minimum Gasteiger partial charge on any atom is -0.389 e. The lowest BCUT2D eigenvalue weighted by molar-refractivity contribution is 0.0613. The zero-order valence-electron chi connectivity index (χ0n) is 10.1. The van der Waals surface area contributed by atoms with Gasteiger partial charge in [0.15, 0.2) is 0 Å². The van der Waals surface area contributed by atoms with Crippen LogP contribution in [-0.4, -0.2) is 31.4 Å². The van der Waals surface area contributed by atoms with E-state index < -0.39 is 15.6 Å². The molecule has 0 aromatic rings. The first kappa shape index (κ1) is 14.9. The van der Waals surface area contributed by atoms with Crippen LogP contribution in [-0.2, 0) is 10.0 Å². The molecule has 0 fully saturated rings. The third-order valence-corrected chi connectivity index (χ3v) is 3.76. The summed E-state index contributed by atoms with van der Waals surface area (Å²) in [5, 5.41) is 9.64. The molecule has 0 aliphatic carbocycles. The molecule has 15 heavy (non-hydrogen) atoms. The molecule has 1 atom stereocenters. The Labute approximate surface area is 93.1 Å². The summed E-state index contributed by atoms with van der Waals surface area (Å²) in [6, 6.07) is 0. The molecule has 4 nitrogen and oxygen atoms in total. The maximum atomic E-state index is 11.5. The molecule has 0 aromatic heterocycles. The predicted molar refractivity (Wildman–Crippen MR) is 62.2 cm³/mol. The van der Waals surface area contributed by atoms with Crippen molar-refractivity contribution in [2.75, 3.05) is 12.3 Å². The van der Waals surface area contributed by atoms with E-state index in [2.05, 4.69) is 4.72 Å². The van der Waals surface area contributed by atoms with Crippen molar-refractivity contribution in [2.45, 2.75) is 46.1 Å². The Balaban J connectivity index is 4.05. The van der Waals surface area contributed by atoms with Crippen LogP contribution in [0.2, 0.25) is 0 Å². The summed E-state index contributed by atoms with van der Waals surface area (Å²) in [6.45, 7) is 7.50. The van der Waals surface area contributed by atoms with Crippen LogP contribution < -0.4 is 4.72 Å². The first-order valence-corrected chi connectivity index (χ1v) is 7.03. The van der Waals surface area contributed by atoms with Gasteiger partial charge in [-0.2, -0.15) is 0 Å². The third-order valence-electron chi connectivity index (χ3n) is 2.40. The molecule has 2 N–H and O–H groups in total. The Kier molecular flexibility index (Phi) is 5.77. The molecule has 5 heteroatoms. The van der Waals surface area contributed by atoms with Crippen LogP contribution in [0.5, 0.6) is 0 Å². The van der Waals surface area contributed by atoms with Crippen LogP contribution in [0.15, 0.2) is 0 Å². The molecule has 0 radical (unpaired) electrons. The van der Waals surface area contributed by atoms with Crippen LogP contribution in [0, 0.1) is 5.92 Å². The molecular weight excluding hydrogens is 214 g/mol. The second kappa shape index (κ2) is 5.82. The number of sulfonamides is 1. The summed E-state index contributed by atoms with van der Waals surface area (Å²) in [7, 11) is -3.23. The maximum Gasteiger partial charge on any atom is 0.211 e. The molecule has 0 aromatic carbocycles. The molecule has 0 rings (SSSR count). The fourth-order valence-electron chi connectivity index (χ4n) is 0.853. The summed E-state index contributed by atoms with van der Waals surface area (Å²) < 4.78 is 25.4. The molecule has 0 amide bonds. The third kappa shape index (κ3) is 7.76. The Morgan fingerprint density at radius 1 is 1.40 bits per heavy atom. The quantitative estimate of drug-likeness (QED) is 0.697. The van der Waals surface area contributed by atoms with Gasteiger partial charge in [-0.3, -0.25) is 0 Å². The van der Waals surface area contributed by atoms with Crippen LogP contribution in [0.25, 0.3) is 0 Å². The highest BCUT2D eigenvalue weighted by atomic mass is 32.2. The van der Waals surface area contributed by atoms with Gasteiger partial charge in [-0.05, 0) is 25.7 Å². The Morgan fingerprint density at radius 2 is 1.93 bits per heavy atom. The predicted octanol–water partition coefficient (Wildman–Crippen LogP) is 1.11. The Hall–Kier alpha value is -0.130. The molecule has 0 aliphatic rings. The van der Waals surface area contributed by atoms with E-state index in [1.54, 1.807) is 6.92 Å². The first-order valence-electron chi connectivity index (χ1n) is 5.38. The van der Waals surface area contributed by atoms with Crippen molar-refractivity contribution in [1.29, 1.82) is 0 Å². The fourth-order valence-corrected chi connectivity index (χ4v) is 2.31. The molecule has 0 saturated carbocycles. The summed E-state index contributed by atoms with van der Waals surface area (Å²) in [6.07, 6.45) is 1.17. The molecule has 92 valence electrons. The van der Waals surface area contributed by atoms with Gasteiger partial charge in [0.1, 0.15) is 0 Å². The van der Waals surface area contributed by atoms with E-state index in [0.29, 0.717) is 18.8 Å². The minimum absolute atomic E-state index is 0.0872. The monoisotopic (exact) mass is 237 g/mol. The van der Waals surface area contributed by atoms with Gasteiger partial charge in [-0.1, -0.05) is 20.8 Å². The van der Waals surface area contributed by atoms with Crippen molar-refractivity contribution < 1.29 is 13.5 Å². The van der Waals surface area contributed by atoms with E-state index in [1.165, 1.54) is 0 Å². The number of nitrogens with one attached hydrogen (secondary N) is 1. The number of hydrogen-bond acceptors (Lipinski definition) is 3. The SMILES string of the molecule is CCC(C)(O)CNS(=O)(=O)CCC(C)C. The van der Waals surface area contributed by atoms with Crippen LogP contribution in [0.4, 0.5) is 0 Å². The Bertz CT molecular complexity index is 270. The lowest BCUT2D eigenvalue weighted by Gasteiger charge is -2.21. The molecule has 0 saturated heterocycles. The smallest absolute Gasteiger partial charge is 0.211 e. The second-order valence-electron chi connectivity index (χ2n) is 4.67. The first-order chi connectivity index (χ1) is 6.68. The molecule has 0 heterocycles. The topological polar surface area (TPSA) is 66.4 Å². The van der Waals surface area contributed by atoms with E-state index in [1.807, 2.05) is 20.8 Å². The fraction of sp³-hybridized carbons (Fsp3) is 1.00. The lowest BCUT2D eigenvalue weighted by Crippen LogP contribution is -2.41. The van der Waals surface area contributed by atoms with Gasteiger partial charge >= 0.3 is 0 Å². The van der Waals surface area contributed by atoms with Gasteiger partial charge < -0.3 is 5.11 Å². The van der Waals surface area contributed by atoms with Crippen LogP contribution in [0.1, 0.15) is 40.5 Å². The van der Waals surface area contributed by atoms with Crippen molar-refractivity contribution in [1.82, 2.24) is 4.72 Å². The van der Waals surface area contributed by atoms with Gasteiger partial charge in [0, 0.05) is 6.54 Å². The van der Waals surface area contributed by atoms with Gasteiger partial charge in [0.05, 0.1) is 11.4 Å². The van der Waals surface area contributed by atoms with Gasteiger partial charge in [0.25, 0.3) is 0 Å². The second-order valence-corrected chi connectivity index (χ2v) is 6.60. The lowest BCUT2D eigenvalue weighted by atomic mass is 10.1. The highest BCUT2D eigenvalue weighted by molar-refractivity contribution is 7.89. The van der Waals surface area contributed by atoms with E-state index in [0.717, 1.165) is 0 Å². The van der Waals surface area contributed by atoms with Gasteiger partial charge in [-0.15, -0.1) is 0 Å². The minimum atomic E-state index is -3.23. The standard InChI is InChI=1S/C10H23NO3S/c1-5-10(4,12)8-11-15(13,14)7-6-9(2)3/h9,11-12H,5-8H2,1-4H3. The van der Waals surface area contributed by atoms with E-state index in [4.69, 9.17) is 0 Å². The zero-order valence-corrected chi connectivity index (χ0v) is 10.9. The van der Waals surface area contributed by atoms with Crippen molar-refractivity contribution >= 4 is 10.0 Å². The zero-order chi connectivity index (χ0) is 12.1. The van der Waals surface area contributed by atoms with E-state index >= 15 is 0 Å². The molecule has 0 spiro atoms.